The summed E-state index contributed by atoms with van der Waals surface area (Å²) in [4.78, 5) is 11.2. The Morgan fingerprint density at radius 3 is 2.76 bits per heavy atom. The molecule has 116 valence electrons. The van der Waals surface area contributed by atoms with Crippen LogP contribution in [0.3, 0.4) is 0 Å². The van der Waals surface area contributed by atoms with E-state index in [1.165, 1.54) is 6.07 Å². The van der Waals surface area contributed by atoms with E-state index < -0.39 is 22.2 Å². The molecule has 0 bridgehead atoms. The molecule has 21 heavy (non-hydrogen) atoms. The fourth-order valence-electron chi connectivity index (χ4n) is 2.21. The molecule has 0 saturated carbocycles. The van der Waals surface area contributed by atoms with Gasteiger partial charge in [-0.2, -0.15) is 12.7 Å². The average molecular weight is 398 g/mol. The molecule has 1 fully saturated rings. The van der Waals surface area contributed by atoms with Crippen molar-refractivity contribution in [3.05, 3.63) is 27.7 Å². The minimum atomic E-state index is -3.96. The zero-order valence-corrected chi connectivity index (χ0v) is 14.1. The molecule has 0 aromatic heterocycles. The molecule has 6 nitrogen and oxygen atoms in total. The van der Waals surface area contributed by atoms with Crippen molar-refractivity contribution in [3.63, 3.8) is 0 Å². The third-order valence-electron chi connectivity index (χ3n) is 3.22. The van der Waals surface area contributed by atoms with Crippen LogP contribution in [0.1, 0.15) is 19.3 Å². The smallest absolute Gasteiger partial charge is 0.322 e. The van der Waals surface area contributed by atoms with Crippen LogP contribution in [0, 0.1) is 0 Å². The van der Waals surface area contributed by atoms with Gasteiger partial charge >= 0.3 is 16.2 Å². The molecule has 1 aromatic rings. The first-order valence-corrected chi connectivity index (χ1v) is 8.90. The maximum atomic E-state index is 12.4. The average Bonchev–Trinajstić information content (AvgIpc) is 2.42. The lowest BCUT2D eigenvalue weighted by Crippen LogP contribution is -2.49. The number of carboxylic acids is 1. The third kappa shape index (κ3) is 3.88. The molecular formula is C12H14BrClN2O4S. The standard InChI is InChI=1S/C12H14BrClN2O4S/c13-8-4-5-10(9(14)7-8)15-21(19,20)16-6-2-1-3-11(16)12(17)18/h4-5,7,11,15H,1-3,6H2,(H,17,18). The van der Waals surface area contributed by atoms with Gasteiger partial charge < -0.3 is 5.11 Å². The molecular weight excluding hydrogens is 384 g/mol. The molecule has 1 aromatic carbocycles. The predicted octanol–water partition coefficient (Wildman–Crippen LogP) is 2.70. The van der Waals surface area contributed by atoms with Crippen LogP contribution in [0.2, 0.25) is 5.02 Å². The Morgan fingerprint density at radius 2 is 2.14 bits per heavy atom. The Bertz CT molecular complexity index is 653. The normalized spacial score (nSPS) is 20.2. The first-order valence-electron chi connectivity index (χ1n) is 6.29. The lowest BCUT2D eigenvalue weighted by molar-refractivity contribution is -0.142. The highest BCUT2D eigenvalue weighted by molar-refractivity contribution is 9.10. The number of carboxylic acid groups (broad SMARTS) is 1. The topological polar surface area (TPSA) is 86.7 Å². The van der Waals surface area contributed by atoms with E-state index in [4.69, 9.17) is 16.7 Å². The van der Waals surface area contributed by atoms with Crippen LogP contribution in [0.5, 0.6) is 0 Å². The highest BCUT2D eigenvalue weighted by atomic mass is 79.9. The van der Waals surface area contributed by atoms with Crippen LogP contribution in [0.25, 0.3) is 0 Å². The second-order valence-electron chi connectivity index (χ2n) is 4.69. The number of halogens is 2. The number of nitrogens with one attached hydrogen (secondary N) is 1. The van der Waals surface area contributed by atoms with E-state index >= 15 is 0 Å². The molecule has 0 spiro atoms. The van der Waals surface area contributed by atoms with Gasteiger partial charge in [0, 0.05) is 11.0 Å². The zero-order chi connectivity index (χ0) is 15.6. The van der Waals surface area contributed by atoms with Crippen molar-refractivity contribution in [2.24, 2.45) is 0 Å². The van der Waals surface area contributed by atoms with Crippen molar-refractivity contribution in [3.8, 4) is 0 Å². The molecule has 1 saturated heterocycles. The summed E-state index contributed by atoms with van der Waals surface area (Å²) < 4.78 is 28.8. The first-order chi connectivity index (χ1) is 9.81. The minimum absolute atomic E-state index is 0.181. The molecule has 9 heteroatoms. The lowest BCUT2D eigenvalue weighted by Gasteiger charge is -2.32. The number of benzene rings is 1. The molecule has 2 N–H and O–H groups in total. The summed E-state index contributed by atoms with van der Waals surface area (Å²) >= 11 is 9.21. The van der Waals surface area contributed by atoms with Gasteiger partial charge in [-0.05, 0) is 37.5 Å². The summed E-state index contributed by atoms with van der Waals surface area (Å²) in [6.07, 6.45) is 1.64. The van der Waals surface area contributed by atoms with Crippen LogP contribution < -0.4 is 4.72 Å². The van der Waals surface area contributed by atoms with Gasteiger partial charge in [0.15, 0.2) is 0 Å². The molecule has 0 amide bonds. The quantitative estimate of drug-likeness (QED) is 0.818. The highest BCUT2D eigenvalue weighted by Gasteiger charge is 2.36. The highest BCUT2D eigenvalue weighted by Crippen LogP contribution is 2.28. The van der Waals surface area contributed by atoms with E-state index in [-0.39, 0.29) is 17.3 Å². The Kier molecular flexibility index (Phi) is 5.13. The first kappa shape index (κ1) is 16.5. The second-order valence-corrected chi connectivity index (χ2v) is 7.64. The summed E-state index contributed by atoms with van der Waals surface area (Å²) in [7, 11) is -3.96. The van der Waals surface area contributed by atoms with E-state index in [1.54, 1.807) is 12.1 Å². The molecule has 1 aliphatic rings. The number of aliphatic carboxylic acids is 1. The van der Waals surface area contributed by atoms with E-state index in [2.05, 4.69) is 20.7 Å². The van der Waals surface area contributed by atoms with Crippen molar-refractivity contribution < 1.29 is 18.3 Å². The van der Waals surface area contributed by atoms with Crippen LogP contribution in [0.15, 0.2) is 22.7 Å². The molecule has 1 unspecified atom stereocenters. The number of anilines is 1. The summed E-state index contributed by atoms with van der Waals surface area (Å²) in [6, 6.07) is 3.69. The SMILES string of the molecule is O=C(O)C1CCCCN1S(=O)(=O)Nc1ccc(Br)cc1Cl. The van der Waals surface area contributed by atoms with Gasteiger partial charge in [-0.3, -0.25) is 9.52 Å². The van der Waals surface area contributed by atoms with Crippen molar-refractivity contribution in [1.82, 2.24) is 4.31 Å². The number of carbonyl (C=O) groups is 1. The van der Waals surface area contributed by atoms with Gasteiger partial charge in [-0.1, -0.05) is 27.5 Å². The van der Waals surface area contributed by atoms with Crippen LogP contribution >= 0.6 is 27.5 Å². The molecule has 2 rings (SSSR count). The van der Waals surface area contributed by atoms with Crippen molar-refractivity contribution >= 4 is 49.4 Å². The van der Waals surface area contributed by atoms with Crippen LogP contribution in [-0.4, -0.2) is 36.4 Å². The van der Waals surface area contributed by atoms with Gasteiger partial charge in [0.2, 0.25) is 0 Å². The zero-order valence-electron chi connectivity index (χ0n) is 10.9. The van der Waals surface area contributed by atoms with Gasteiger partial charge in [0.05, 0.1) is 10.7 Å². The Labute approximate surface area is 136 Å². The fraction of sp³-hybridized carbons (Fsp3) is 0.417. The molecule has 1 aliphatic heterocycles. The molecule has 0 radical (unpaired) electrons. The van der Waals surface area contributed by atoms with Crippen molar-refractivity contribution in [1.29, 1.82) is 0 Å². The van der Waals surface area contributed by atoms with E-state index in [9.17, 15) is 13.2 Å². The van der Waals surface area contributed by atoms with Gasteiger partial charge in [0.1, 0.15) is 6.04 Å². The number of piperidine rings is 1. The number of rotatable bonds is 4. The minimum Gasteiger partial charge on any atom is -0.480 e. The lowest BCUT2D eigenvalue weighted by atomic mass is 10.1. The number of nitrogens with zero attached hydrogens (tertiary/aromatic N) is 1. The molecule has 1 heterocycles. The second kappa shape index (κ2) is 6.51. The number of hydrogen-bond acceptors (Lipinski definition) is 3. The Hall–Kier alpha value is -0.830. The van der Waals surface area contributed by atoms with E-state index in [0.29, 0.717) is 19.3 Å². The van der Waals surface area contributed by atoms with Crippen LogP contribution in [-0.2, 0) is 15.0 Å². The van der Waals surface area contributed by atoms with E-state index in [1.807, 2.05) is 0 Å². The number of hydrogen-bond donors (Lipinski definition) is 2. The summed E-state index contributed by atoms with van der Waals surface area (Å²) in [5.74, 6) is -1.14. The summed E-state index contributed by atoms with van der Waals surface area (Å²) in [5.41, 5.74) is 0.217. The van der Waals surface area contributed by atoms with Gasteiger partial charge in [-0.15, -0.1) is 0 Å². The third-order valence-corrected chi connectivity index (χ3v) is 5.56. The van der Waals surface area contributed by atoms with Crippen molar-refractivity contribution in [2.45, 2.75) is 25.3 Å². The summed E-state index contributed by atoms with van der Waals surface area (Å²) in [6.45, 7) is 0.181. The predicted molar refractivity (Wildman–Crippen MR) is 83.7 cm³/mol. The molecule has 1 atom stereocenters. The van der Waals surface area contributed by atoms with Crippen LogP contribution in [0.4, 0.5) is 5.69 Å². The largest absolute Gasteiger partial charge is 0.480 e. The maximum Gasteiger partial charge on any atom is 0.322 e. The Morgan fingerprint density at radius 1 is 1.43 bits per heavy atom. The van der Waals surface area contributed by atoms with Gasteiger partial charge in [-0.25, -0.2) is 0 Å². The fourth-order valence-corrected chi connectivity index (χ4v) is 4.46. The van der Waals surface area contributed by atoms with Gasteiger partial charge in [0.25, 0.3) is 0 Å². The van der Waals surface area contributed by atoms with E-state index in [0.717, 1.165) is 8.78 Å². The Balaban J connectivity index is 2.26. The van der Waals surface area contributed by atoms with Crippen molar-refractivity contribution in [2.75, 3.05) is 11.3 Å². The summed E-state index contributed by atoms with van der Waals surface area (Å²) in [5, 5.41) is 9.40. The monoisotopic (exact) mass is 396 g/mol. The maximum absolute atomic E-state index is 12.4. The molecule has 0 aliphatic carbocycles.